The first-order chi connectivity index (χ1) is 9.57. The Morgan fingerprint density at radius 1 is 1.60 bits per heavy atom. The number of carbonyl (C=O) groups excluding carboxylic acids is 1. The Kier molecular flexibility index (Phi) is 4.69. The molecule has 1 unspecified atom stereocenters. The molecule has 1 aromatic heterocycles. The van der Waals surface area contributed by atoms with Crippen molar-refractivity contribution < 1.29 is 13.2 Å². The van der Waals surface area contributed by atoms with Crippen LogP contribution < -0.4 is 10.6 Å². The smallest absolute Gasteiger partial charge is 0.245 e. The lowest BCUT2D eigenvalue weighted by molar-refractivity contribution is -0.125. The van der Waals surface area contributed by atoms with Crippen LogP contribution in [0.15, 0.2) is 29.4 Å². The number of piperazine rings is 1. The summed E-state index contributed by atoms with van der Waals surface area (Å²) in [6.45, 7) is 3.37. The fraction of sp³-hybridized carbons (Fsp3) is 0.500. The van der Waals surface area contributed by atoms with Crippen LogP contribution in [0, 0.1) is 0 Å². The molecule has 0 spiro atoms. The zero-order valence-corrected chi connectivity index (χ0v) is 12.1. The van der Waals surface area contributed by atoms with Crippen LogP contribution in [0.2, 0.25) is 0 Å². The van der Waals surface area contributed by atoms with Crippen molar-refractivity contribution in [1.82, 2.24) is 19.9 Å². The third-order valence-electron chi connectivity index (χ3n) is 3.09. The number of sulfonamides is 1. The van der Waals surface area contributed by atoms with Gasteiger partial charge in [-0.1, -0.05) is 0 Å². The Hall–Kier alpha value is -1.51. The van der Waals surface area contributed by atoms with Gasteiger partial charge in [-0.25, -0.2) is 8.42 Å². The van der Waals surface area contributed by atoms with Crippen LogP contribution in [0.1, 0.15) is 6.92 Å². The van der Waals surface area contributed by atoms with E-state index in [0.717, 1.165) is 0 Å². The highest BCUT2D eigenvalue weighted by Gasteiger charge is 2.37. The van der Waals surface area contributed by atoms with Crippen LogP contribution in [0.5, 0.6) is 0 Å². The number of rotatable bonds is 4. The van der Waals surface area contributed by atoms with E-state index in [1.807, 2.05) is 0 Å². The summed E-state index contributed by atoms with van der Waals surface area (Å²) >= 11 is 0. The molecule has 1 aliphatic heterocycles. The fourth-order valence-corrected chi connectivity index (χ4v) is 3.68. The van der Waals surface area contributed by atoms with E-state index in [0.29, 0.717) is 19.6 Å². The Morgan fingerprint density at radius 3 is 3.05 bits per heavy atom. The van der Waals surface area contributed by atoms with Gasteiger partial charge in [-0.2, -0.15) is 4.31 Å². The van der Waals surface area contributed by atoms with Gasteiger partial charge in [0.05, 0.1) is 0 Å². The second-order valence-electron chi connectivity index (χ2n) is 4.42. The second kappa shape index (κ2) is 6.29. The van der Waals surface area contributed by atoms with E-state index < -0.39 is 16.1 Å². The van der Waals surface area contributed by atoms with Gasteiger partial charge in [-0.05, 0) is 19.1 Å². The zero-order chi connectivity index (χ0) is 14.6. The number of pyridine rings is 1. The molecule has 110 valence electrons. The minimum absolute atomic E-state index is 0.108. The molecule has 1 aromatic rings. The largest absolute Gasteiger partial charge is 0.355 e. The van der Waals surface area contributed by atoms with Crippen molar-refractivity contribution >= 4 is 15.9 Å². The topological polar surface area (TPSA) is 91.4 Å². The summed E-state index contributed by atoms with van der Waals surface area (Å²) in [5.41, 5.74) is 0. The van der Waals surface area contributed by atoms with Crippen molar-refractivity contribution in [3.05, 3.63) is 24.5 Å². The lowest BCUT2D eigenvalue weighted by Gasteiger charge is -2.33. The number of aromatic nitrogens is 1. The van der Waals surface area contributed by atoms with Crippen molar-refractivity contribution in [3.8, 4) is 0 Å². The molecule has 2 rings (SSSR count). The van der Waals surface area contributed by atoms with Gasteiger partial charge in [0.15, 0.2) is 0 Å². The predicted octanol–water partition coefficient (Wildman–Crippen LogP) is -0.820. The third kappa shape index (κ3) is 2.97. The van der Waals surface area contributed by atoms with Gasteiger partial charge < -0.3 is 10.6 Å². The summed E-state index contributed by atoms with van der Waals surface area (Å²) in [5.74, 6) is -0.285. The molecule has 1 aliphatic rings. The Morgan fingerprint density at radius 2 is 2.40 bits per heavy atom. The Balaban J connectivity index is 2.30. The number of hydrogen-bond acceptors (Lipinski definition) is 5. The number of hydrogen-bond donors (Lipinski definition) is 2. The summed E-state index contributed by atoms with van der Waals surface area (Å²) < 4.78 is 26.4. The number of nitrogens with zero attached hydrogens (tertiary/aromatic N) is 2. The zero-order valence-electron chi connectivity index (χ0n) is 11.2. The maximum atomic E-state index is 12.6. The number of amides is 1. The van der Waals surface area contributed by atoms with Crippen LogP contribution in [0.3, 0.4) is 0 Å². The summed E-state index contributed by atoms with van der Waals surface area (Å²) in [6, 6.07) is 2.32. The molecule has 20 heavy (non-hydrogen) atoms. The number of nitrogens with one attached hydrogen (secondary N) is 2. The second-order valence-corrected chi connectivity index (χ2v) is 6.31. The molecule has 2 heterocycles. The van der Waals surface area contributed by atoms with Crippen molar-refractivity contribution in [3.63, 3.8) is 0 Å². The van der Waals surface area contributed by atoms with Gasteiger partial charge in [0.2, 0.25) is 15.9 Å². The Bertz CT molecular complexity index is 561. The van der Waals surface area contributed by atoms with E-state index in [9.17, 15) is 13.2 Å². The summed E-state index contributed by atoms with van der Waals surface area (Å²) in [5, 5.41) is 5.71. The fourth-order valence-electron chi connectivity index (χ4n) is 2.12. The molecule has 0 bridgehead atoms. The molecule has 0 aromatic carbocycles. The van der Waals surface area contributed by atoms with E-state index in [1.54, 1.807) is 13.0 Å². The van der Waals surface area contributed by atoms with Crippen LogP contribution in [0.4, 0.5) is 0 Å². The van der Waals surface area contributed by atoms with Crippen molar-refractivity contribution in [2.75, 3.05) is 26.2 Å². The molecule has 1 saturated heterocycles. The van der Waals surface area contributed by atoms with Crippen molar-refractivity contribution in [2.24, 2.45) is 0 Å². The molecule has 1 fully saturated rings. The highest BCUT2D eigenvalue weighted by atomic mass is 32.2. The first kappa shape index (κ1) is 14.9. The van der Waals surface area contributed by atoms with Crippen LogP contribution in [-0.4, -0.2) is 55.8 Å². The molecule has 2 N–H and O–H groups in total. The molecule has 1 amide bonds. The standard InChI is InChI=1S/C12H18N4O3S/c1-2-15-12(17)11-9-14-6-7-16(11)20(18,19)10-4-3-5-13-8-10/h3-5,8,11,14H,2,6-7,9H2,1H3,(H,15,17). The highest BCUT2D eigenvalue weighted by Crippen LogP contribution is 2.18. The molecular weight excluding hydrogens is 280 g/mol. The predicted molar refractivity (Wildman–Crippen MR) is 73.5 cm³/mol. The third-order valence-corrected chi connectivity index (χ3v) is 4.98. The van der Waals surface area contributed by atoms with Gasteiger partial charge in [0, 0.05) is 38.6 Å². The SMILES string of the molecule is CCNC(=O)C1CNCCN1S(=O)(=O)c1cccnc1. The maximum absolute atomic E-state index is 12.6. The first-order valence-electron chi connectivity index (χ1n) is 6.47. The maximum Gasteiger partial charge on any atom is 0.245 e. The van der Waals surface area contributed by atoms with Crippen LogP contribution in [-0.2, 0) is 14.8 Å². The first-order valence-corrected chi connectivity index (χ1v) is 7.91. The molecule has 0 radical (unpaired) electrons. The lowest BCUT2D eigenvalue weighted by Crippen LogP contribution is -2.59. The highest BCUT2D eigenvalue weighted by molar-refractivity contribution is 7.89. The molecule has 0 saturated carbocycles. The number of likely N-dealkylation sites (N-methyl/N-ethyl adjacent to an activating group) is 1. The minimum atomic E-state index is -3.70. The van der Waals surface area contributed by atoms with Gasteiger partial charge in [0.25, 0.3) is 0 Å². The quantitative estimate of drug-likeness (QED) is 0.758. The van der Waals surface area contributed by atoms with Gasteiger partial charge in [-0.15, -0.1) is 0 Å². The molecular formula is C12H18N4O3S. The molecule has 7 nitrogen and oxygen atoms in total. The van der Waals surface area contributed by atoms with Crippen LogP contribution in [0.25, 0.3) is 0 Å². The van der Waals surface area contributed by atoms with Gasteiger partial charge in [-0.3, -0.25) is 9.78 Å². The van der Waals surface area contributed by atoms with Crippen LogP contribution >= 0.6 is 0 Å². The summed E-state index contributed by atoms with van der Waals surface area (Å²) in [6.07, 6.45) is 2.81. The average molecular weight is 298 g/mol. The van der Waals surface area contributed by atoms with Gasteiger partial charge >= 0.3 is 0 Å². The van der Waals surface area contributed by atoms with E-state index in [2.05, 4.69) is 15.6 Å². The average Bonchev–Trinajstić information content (AvgIpc) is 2.48. The monoisotopic (exact) mass is 298 g/mol. The minimum Gasteiger partial charge on any atom is -0.355 e. The Labute approximate surface area is 118 Å². The lowest BCUT2D eigenvalue weighted by atomic mass is 10.2. The normalized spacial score (nSPS) is 20.6. The van der Waals surface area contributed by atoms with Gasteiger partial charge in [0.1, 0.15) is 10.9 Å². The van der Waals surface area contributed by atoms with Crippen molar-refractivity contribution in [1.29, 1.82) is 0 Å². The summed E-state index contributed by atoms with van der Waals surface area (Å²) in [4.78, 5) is 16.0. The van der Waals surface area contributed by atoms with E-state index >= 15 is 0 Å². The van der Waals surface area contributed by atoms with Crippen molar-refractivity contribution in [2.45, 2.75) is 17.9 Å². The van der Waals surface area contributed by atoms with E-state index in [-0.39, 0.29) is 17.3 Å². The van der Waals surface area contributed by atoms with E-state index in [1.165, 1.54) is 22.8 Å². The molecule has 0 aliphatic carbocycles. The molecule has 1 atom stereocenters. The molecule has 8 heteroatoms. The van der Waals surface area contributed by atoms with E-state index in [4.69, 9.17) is 0 Å². The summed E-state index contributed by atoms with van der Waals surface area (Å²) in [7, 11) is -3.70. The number of carbonyl (C=O) groups is 1.